The summed E-state index contributed by atoms with van der Waals surface area (Å²) in [5, 5.41) is 0.823. The van der Waals surface area contributed by atoms with Gasteiger partial charge < -0.3 is 0 Å². The third-order valence-electron chi connectivity index (χ3n) is 3.21. The molecule has 0 atom stereocenters. The lowest BCUT2D eigenvalue weighted by Gasteiger charge is -2.08. The molecule has 0 radical (unpaired) electrons. The van der Waals surface area contributed by atoms with E-state index in [2.05, 4.69) is 44.2 Å². The zero-order valence-electron chi connectivity index (χ0n) is 11.0. The summed E-state index contributed by atoms with van der Waals surface area (Å²) in [6, 6.07) is 17.0. The largest absolute Gasteiger partial charge is 0.0843 e. The molecule has 1 heteroatoms. The molecule has 0 amide bonds. The Morgan fingerprint density at radius 3 is 2.11 bits per heavy atom. The lowest BCUT2D eigenvalue weighted by atomic mass is 9.98. The van der Waals surface area contributed by atoms with Crippen LogP contribution >= 0.6 is 11.6 Å². The molecule has 0 fully saturated rings. The summed E-state index contributed by atoms with van der Waals surface area (Å²) in [7, 11) is 0. The van der Waals surface area contributed by atoms with E-state index in [1.807, 2.05) is 18.2 Å². The predicted molar refractivity (Wildman–Crippen MR) is 79.4 cm³/mol. The van der Waals surface area contributed by atoms with Gasteiger partial charge in [0.15, 0.2) is 0 Å². The van der Waals surface area contributed by atoms with Crippen molar-refractivity contribution in [2.24, 2.45) is 0 Å². The first-order valence-electron chi connectivity index (χ1n) is 6.48. The molecule has 2 rings (SSSR count). The molecular weight excluding hydrogens is 240 g/mol. The number of aryl methyl sites for hydroxylation is 2. The van der Waals surface area contributed by atoms with Gasteiger partial charge in [-0.1, -0.05) is 61.8 Å². The van der Waals surface area contributed by atoms with Gasteiger partial charge in [0.05, 0.1) is 0 Å². The van der Waals surface area contributed by atoms with Crippen LogP contribution in [0.1, 0.15) is 36.5 Å². The Balaban J connectivity index is 2.04. The molecule has 0 unspecified atom stereocenters. The summed E-state index contributed by atoms with van der Waals surface area (Å²) >= 11 is 5.99. The normalized spacial score (nSPS) is 10.9. The maximum absolute atomic E-state index is 5.99. The standard InChI is InChI=1S/C17H19Cl/c1-13(2)16-7-3-5-14(11-16)9-10-15-6-4-8-17(18)12-15/h3-8,11-13H,9-10H2,1-2H3. The van der Waals surface area contributed by atoms with Gasteiger partial charge in [-0.25, -0.2) is 0 Å². The average Bonchev–Trinajstić information content (AvgIpc) is 2.37. The molecule has 18 heavy (non-hydrogen) atoms. The second kappa shape index (κ2) is 6.06. The van der Waals surface area contributed by atoms with Gasteiger partial charge in [0, 0.05) is 5.02 Å². The van der Waals surface area contributed by atoms with Crippen LogP contribution in [0.25, 0.3) is 0 Å². The lowest BCUT2D eigenvalue weighted by Crippen LogP contribution is -1.94. The van der Waals surface area contributed by atoms with Crippen LogP contribution in [0, 0.1) is 0 Å². The summed E-state index contributed by atoms with van der Waals surface area (Å²) in [5.41, 5.74) is 4.12. The second-order valence-corrected chi connectivity index (χ2v) is 5.47. The number of benzene rings is 2. The van der Waals surface area contributed by atoms with E-state index in [9.17, 15) is 0 Å². The van der Waals surface area contributed by atoms with Crippen molar-refractivity contribution in [1.29, 1.82) is 0 Å². The van der Waals surface area contributed by atoms with Gasteiger partial charge in [-0.15, -0.1) is 0 Å². The Morgan fingerprint density at radius 1 is 0.889 bits per heavy atom. The minimum atomic E-state index is 0.594. The van der Waals surface area contributed by atoms with Crippen molar-refractivity contribution in [1.82, 2.24) is 0 Å². The van der Waals surface area contributed by atoms with E-state index in [0.717, 1.165) is 17.9 Å². The first-order valence-corrected chi connectivity index (χ1v) is 6.86. The van der Waals surface area contributed by atoms with E-state index < -0.39 is 0 Å². The molecule has 0 N–H and O–H groups in total. The Labute approximate surface area is 115 Å². The molecule has 0 saturated carbocycles. The Kier molecular flexibility index (Phi) is 4.43. The van der Waals surface area contributed by atoms with Gasteiger partial charge >= 0.3 is 0 Å². The molecule has 0 heterocycles. The molecule has 0 spiro atoms. The fraction of sp³-hybridized carbons (Fsp3) is 0.294. The van der Waals surface area contributed by atoms with E-state index >= 15 is 0 Å². The molecule has 2 aromatic rings. The number of hydrogen-bond donors (Lipinski definition) is 0. The quantitative estimate of drug-likeness (QED) is 0.703. The van der Waals surface area contributed by atoms with Crippen molar-refractivity contribution in [2.45, 2.75) is 32.6 Å². The first kappa shape index (κ1) is 13.2. The molecule has 2 aromatic carbocycles. The van der Waals surface area contributed by atoms with Crippen molar-refractivity contribution in [3.8, 4) is 0 Å². The van der Waals surface area contributed by atoms with Gasteiger partial charge in [-0.05, 0) is 47.6 Å². The van der Waals surface area contributed by atoms with E-state index in [4.69, 9.17) is 11.6 Å². The molecule has 94 valence electrons. The van der Waals surface area contributed by atoms with Crippen LogP contribution in [-0.4, -0.2) is 0 Å². The van der Waals surface area contributed by atoms with Crippen molar-refractivity contribution in [3.63, 3.8) is 0 Å². The monoisotopic (exact) mass is 258 g/mol. The molecule has 0 nitrogen and oxygen atoms in total. The van der Waals surface area contributed by atoms with Crippen molar-refractivity contribution < 1.29 is 0 Å². The highest BCUT2D eigenvalue weighted by atomic mass is 35.5. The fourth-order valence-corrected chi connectivity index (χ4v) is 2.30. The summed E-state index contributed by atoms with van der Waals surface area (Å²) < 4.78 is 0. The van der Waals surface area contributed by atoms with Crippen LogP contribution < -0.4 is 0 Å². The molecule has 0 aliphatic rings. The summed E-state index contributed by atoms with van der Waals surface area (Å²) in [5.74, 6) is 0.594. The van der Waals surface area contributed by atoms with E-state index in [1.165, 1.54) is 16.7 Å². The second-order valence-electron chi connectivity index (χ2n) is 5.03. The fourth-order valence-electron chi connectivity index (χ4n) is 2.09. The molecule has 0 saturated heterocycles. The van der Waals surface area contributed by atoms with Gasteiger partial charge in [0.1, 0.15) is 0 Å². The smallest absolute Gasteiger partial charge is 0.0408 e. The predicted octanol–water partition coefficient (Wildman–Crippen LogP) is 5.25. The number of halogens is 1. The minimum absolute atomic E-state index is 0.594. The highest BCUT2D eigenvalue weighted by Crippen LogP contribution is 2.17. The maximum atomic E-state index is 5.99. The van der Waals surface area contributed by atoms with Crippen molar-refractivity contribution in [2.75, 3.05) is 0 Å². The van der Waals surface area contributed by atoms with Crippen LogP contribution in [0.15, 0.2) is 48.5 Å². The average molecular weight is 259 g/mol. The Bertz CT molecular complexity index is 515. The highest BCUT2D eigenvalue weighted by molar-refractivity contribution is 6.30. The van der Waals surface area contributed by atoms with Gasteiger partial charge in [0.2, 0.25) is 0 Å². The number of hydrogen-bond acceptors (Lipinski definition) is 0. The van der Waals surface area contributed by atoms with Gasteiger partial charge in [0.25, 0.3) is 0 Å². The van der Waals surface area contributed by atoms with E-state index in [0.29, 0.717) is 5.92 Å². The van der Waals surface area contributed by atoms with Crippen LogP contribution in [0.5, 0.6) is 0 Å². The molecular formula is C17H19Cl. The van der Waals surface area contributed by atoms with Crippen molar-refractivity contribution in [3.05, 3.63) is 70.2 Å². The third-order valence-corrected chi connectivity index (χ3v) is 3.44. The summed E-state index contributed by atoms with van der Waals surface area (Å²) in [6.07, 6.45) is 2.11. The lowest BCUT2D eigenvalue weighted by molar-refractivity contribution is 0.858. The van der Waals surface area contributed by atoms with Crippen molar-refractivity contribution >= 4 is 11.6 Å². The van der Waals surface area contributed by atoms with Gasteiger partial charge in [-0.3, -0.25) is 0 Å². The van der Waals surface area contributed by atoms with Crippen LogP contribution in [-0.2, 0) is 12.8 Å². The summed E-state index contributed by atoms with van der Waals surface area (Å²) in [6.45, 7) is 4.46. The summed E-state index contributed by atoms with van der Waals surface area (Å²) in [4.78, 5) is 0. The Hall–Kier alpha value is -1.27. The Morgan fingerprint density at radius 2 is 1.50 bits per heavy atom. The van der Waals surface area contributed by atoms with E-state index in [1.54, 1.807) is 0 Å². The van der Waals surface area contributed by atoms with Gasteiger partial charge in [-0.2, -0.15) is 0 Å². The van der Waals surface area contributed by atoms with Crippen LogP contribution in [0.2, 0.25) is 5.02 Å². The zero-order valence-corrected chi connectivity index (χ0v) is 11.7. The minimum Gasteiger partial charge on any atom is -0.0843 e. The maximum Gasteiger partial charge on any atom is 0.0408 e. The van der Waals surface area contributed by atoms with E-state index in [-0.39, 0.29) is 0 Å². The molecule has 0 aromatic heterocycles. The highest BCUT2D eigenvalue weighted by Gasteiger charge is 2.01. The first-order chi connectivity index (χ1) is 8.65. The van der Waals surface area contributed by atoms with Crippen LogP contribution in [0.3, 0.4) is 0 Å². The number of rotatable bonds is 4. The SMILES string of the molecule is CC(C)c1cccc(CCc2cccc(Cl)c2)c1. The van der Waals surface area contributed by atoms with Crippen LogP contribution in [0.4, 0.5) is 0 Å². The molecule has 0 aliphatic carbocycles. The molecule has 0 aliphatic heterocycles. The topological polar surface area (TPSA) is 0 Å². The third kappa shape index (κ3) is 3.61. The molecule has 0 bridgehead atoms. The zero-order chi connectivity index (χ0) is 13.0.